The SMILES string of the molecule is Cc1cc(C)n2nc(C(=O)NN=Cc3ccc(-c4cc([N+](=O)[O-])ccc4Cl)o3)nc2n1. The predicted octanol–water partition coefficient (Wildman–Crippen LogP) is 3.33. The topological polar surface area (TPSA) is 141 Å². The molecule has 0 fully saturated rings. The van der Waals surface area contributed by atoms with Gasteiger partial charge in [-0.25, -0.2) is 14.9 Å². The van der Waals surface area contributed by atoms with Crippen molar-refractivity contribution in [1.82, 2.24) is 25.0 Å². The average molecular weight is 440 g/mol. The number of halogens is 1. The third-order valence-electron chi connectivity index (χ3n) is 4.23. The number of furan rings is 1. The minimum absolute atomic E-state index is 0.0816. The fraction of sp³-hybridized carbons (Fsp3) is 0.105. The van der Waals surface area contributed by atoms with Crippen molar-refractivity contribution in [2.45, 2.75) is 13.8 Å². The summed E-state index contributed by atoms with van der Waals surface area (Å²) in [7, 11) is 0. The number of fused-ring (bicyclic) bond motifs is 1. The van der Waals surface area contributed by atoms with Gasteiger partial charge < -0.3 is 4.42 Å². The molecule has 1 aromatic carbocycles. The van der Waals surface area contributed by atoms with Crippen molar-refractivity contribution in [3.05, 3.63) is 74.5 Å². The molecule has 0 atom stereocenters. The van der Waals surface area contributed by atoms with Crippen molar-refractivity contribution in [3.8, 4) is 11.3 Å². The fourth-order valence-corrected chi connectivity index (χ4v) is 3.06. The van der Waals surface area contributed by atoms with Gasteiger partial charge in [0.15, 0.2) is 0 Å². The first-order valence-electron chi connectivity index (χ1n) is 8.90. The third kappa shape index (κ3) is 4.12. The molecular weight excluding hydrogens is 426 g/mol. The predicted molar refractivity (Wildman–Crippen MR) is 111 cm³/mol. The zero-order valence-electron chi connectivity index (χ0n) is 16.2. The van der Waals surface area contributed by atoms with Gasteiger partial charge in [0, 0.05) is 29.1 Å². The van der Waals surface area contributed by atoms with E-state index in [4.69, 9.17) is 16.0 Å². The number of rotatable bonds is 5. The third-order valence-corrected chi connectivity index (χ3v) is 4.56. The van der Waals surface area contributed by atoms with E-state index in [1.54, 1.807) is 12.1 Å². The molecule has 11 nitrogen and oxygen atoms in total. The number of carbonyl (C=O) groups excluding carboxylic acids is 1. The molecule has 0 radical (unpaired) electrons. The summed E-state index contributed by atoms with van der Waals surface area (Å²) in [4.78, 5) is 31.0. The van der Waals surface area contributed by atoms with Crippen LogP contribution in [-0.4, -0.2) is 36.6 Å². The molecule has 0 aliphatic carbocycles. The lowest BCUT2D eigenvalue weighted by atomic mass is 10.1. The van der Waals surface area contributed by atoms with Crippen LogP contribution in [0, 0.1) is 24.0 Å². The van der Waals surface area contributed by atoms with Gasteiger partial charge >= 0.3 is 5.91 Å². The molecule has 3 heterocycles. The first-order valence-corrected chi connectivity index (χ1v) is 9.28. The number of hydrogen-bond acceptors (Lipinski definition) is 8. The van der Waals surface area contributed by atoms with Crippen molar-refractivity contribution < 1.29 is 14.1 Å². The van der Waals surface area contributed by atoms with Gasteiger partial charge in [-0.05, 0) is 38.1 Å². The van der Waals surface area contributed by atoms with Crippen molar-refractivity contribution in [1.29, 1.82) is 0 Å². The van der Waals surface area contributed by atoms with Crippen molar-refractivity contribution in [3.63, 3.8) is 0 Å². The molecule has 4 aromatic rings. The number of aryl methyl sites for hydroxylation is 2. The van der Waals surface area contributed by atoms with Gasteiger partial charge in [0.05, 0.1) is 16.2 Å². The Hall–Kier alpha value is -4.12. The van der Waals surface area contributed by atoms with Crippen LogP contribution in [0.4, 0.5) is 5.69 Å². The lowest BCUT2D eigenvalue weighted by Gasteiger charge is -2.00. The maximum atomic E-state index is 12.3. The maximum Gasteiger partial charge on any atom is 0.311 e. The first-order chi connectivity index (χ1) is 14.8. The quantitative estimate of drug-likeness (QED) is 0.285. The number of amides is 1. The summed E-state index contributed by atoms with van der Waals surface area (Å²) in [5.74, 6) is 0.236. The van der Waals surface area contributed by atoms with Gasteiger partial charge in [-0.3, -0.25) is 14.9 Å². The Balaban J connectivity index is 1.49. The molecule has 0 saturated heterocycles. The Kier molecular flexibility index (Phi) is 5.17. The van der Waals surface area contributed by atoms with Crippen LogP contribution in [0.15, 0.2) is 45.9 Å². The second-order valence-electron chi connectivity index (χ2n) is 6.51. The standard InChI is InChI=1S/C19H14ClN7O4/c1-10-7-11(2)26-19(22-10)23-17(25-26)18(28)24-21-9-13-4-6-16(31-13)14-8-12(27(29)30)3-5-15(14)20/h3-9H,1-2H3,(H,24,28). The number of non-ortho nitro benzene ring substituents is 1. The summed E-state index contributed by atoms with van der Waals surface area (Å²) in [5, 5.41) is 19.2. The molecule has 31 heavy (non-hydrogen) atoms. The molecule has 0 aliphatic heterocycles. The summed E-state index contributed by atoms with van der Waals surface area (Å²) in [5.41, 5.74) is 4.13. The van der Waals surface area contributed by atoms with Gasteiger partial charge in [-0.1, -0.05) is 11.6 Å². The van der Waals surface area contributed by atoms with Crippen molar-refractivity contribution >= 4 is 35.2 Å². The molecule has 1 N–H and O–H groups in total. The first kappa shape index (κ1) is 20.2. The van der Waals surface area contributed by atoms with Crippen molar-refractivity contribution in [2.75, 3.05) is 0 Å². The molecule has 0 saturated carbocycles. The van der Waals surface area contributed by atoms with Gasteiger partial charge in [-0.15, -0.1) is 5.10 Å². The number of carbonyl (C=O) groups is 1. The normalized spacial score (nSPS) is 11.3. The molecule has 0 bridgehead atoms. The van der Waals surface area contributed by atoms with Crippen LogP contribution in [0.2, 0.25) is 5.02 Å². The molecule has 1 amide bonds. The molecule has 4 rings (SSSR count). The van der Waals surface area contributed by atoms with Crippen LogP contribution in [0.1, 0.15) is 27.8 Å². The monoisotopic (exact) mass is 439 g/mol. The van der Waals surface area contributed by atoms with E-state index in [1.807, 2.05) is 19.9 Å². The Labute approximate surface area is 179 Å². The number of nitro benzene ring substituents is 1. The van der Waals surface area contributed by atoms with Crippen LogP contribution in [0.5, 0.6) is 0 Å². The number of nitrogens with zero attached hydrogens (tertiary/aromatic N) is 6. The molecule has 0 aliphatic rings. The van der Waals surface area contributed by atoms with E-state index in [-0.39, 0.29) is 11.5 Å². The lowest BCUT2D eigenvalue weighted by molar-refractivity contribution is -0.384. The second-order valence-corrected chi connectivity index (χ2v) is 6.92. The molecule has 0 spiro atoms. The summed E-state index contributed by atoms with van der Waals surface area (Å²) < 4.78 is 7.06. The summed E-state index contributed by atoms with van der Waals surface area (Å²) in [6, 6.07) is 9.04. The number of benzene rings is 1. The Morgan fingerprint density at radius 3 is 2.84 bits per heavy atom. The van der Waals surface area contributed by atoms with E-state index >= 15 is 0 Å². The number of nitrogens with one attached hydrogen (secondary N) is 1. The Morgan fingerprint density at radius 1 is 1.26 bits per heavy atom. The summed E-state index contributed by atoms with van der Waals surface area (Å²) in [6.07, 6.45) is 1.27. The zero-order valence-corrected chi connectivity index (χ0v) is 17.0. The number of aromatic nitrogens is 4. The summed E-state index contributed by atoms with van der Waals surface area (Å²) >= 11 is 6.12. The molecule has 0 unspecified atom stereocenters. The second kappa shape index (κ2) is 7.95. The number of nitro groups is 1. The van der Waals surface area contributed by atoms with E-state index < -0.39 is 10.8 Å². The van der Waals surface area contributed by atoms with Gasteiger partial charge in [0.1, 0.15) is 11.5 Å². The smallest absolute Gasteiger partial charge is 0.311 e. The molecule has 12 heteroatoms. The van der Waals surface area contributed by atoms with E-state index in [0.29, 0.717) is 27.9 Å². The van der Waals surface area contributed by atoms with Gasteiger partial charge in [-0.2, -0.15) is 10.1 Å². The molecular formula is C19H14ClN7O4. The fourth-order valence-electron chi connectivity index (χ4n) is 2.85. The molecule has 156 valence electrons. The minimum Gasteiger partial charge on any atom is -0.455 e. The average Bonchev–Trinajstić information content (AvgIpc) is 3.35. The van der Waals surface area contributed by atoms with Crippen LogP contribution in [-0.2, 0) is 0 Å². The minimum atomic E-state index is -0.618. The number of hydrazone groups is 1. The van der Waals surface area contributed by atoms with E-state index in [1.165, 1.54) is 28.9 Å². The van der Waals surface area contributed by atoms with Crippen molar-refractivity contribution in [2.24, 2.45) is 5.10 Å². The highest BCUT2D eigenvalue weighted by atomic mass is 35.5. The van der Waals surface area contributed by atoms with Crippen LogP contribution in [0.3, 0.4) is 0 Å². The van der Waals surface area contributed by atoms with Crippen LogP contribution < -0.4 is 5.43 Å². The van der Waals surface area contributed by atoms with Crippen LogP contribution in [0.25, 0.3) is 17.1 Å². The highest BCUT2D eigenvalue weighted by Crippen LogP contribution is 2.32. The van der Waals surface area contributed by atoms with E-state index in [9.17, 15) is 14.9 Å². The lowest BCUT2D eigenvalue weighted by Crippen LogP contribution is -2.19. The van der Waals surface area contributed by atoms with Gasteiger partial charge in [0.2, 0.25) is 5.82 Å². The van der Waals surface area contributed by atoms with E-state index in [2.05, 4.69) is 25.6 Å². The zero-order chi connectivity index (χ0) is 22.1. The largest absolute Gasteiger partial charge is 0.455 e. The highest BCUT2D eigenvalue weighted by Gasteiger charge is 2.16. The summed E-state index contributed by atoms with van der Waals surface area (Å²) in [6.45, 7) is 3.66. The highest BCUT2D eigenvalue weighted by molar-refractivity contribution is 6.33. The molecule has 3 aromatic heterocycles. The van der Waals surface area contributed by atoms with E-state index in [0.717, 1.165) is 11.4 Å². The van der Waals surface area contributed by atoms with Gasteiger partial charge in [0.25, 0.3) is 11.5 Å². The maximum absolute atomic E-state index is 12.3. The Bertz CT molecular complexity index is 1360. The Morgan fingerprint density at radius 2 is 2.06 bits per heavy atom. The number of hydrogen-bond donors (Lipinski definition) is 1. The van der Waals surface area contributed by atoms with Crippen LogP contribution >= 0.6 is 11.6 Å².